The highest BCUT2D eigenvalue weighted by atomic mass is 16.2. The molecule has 2 fully saturated rings. The van der Waals surface area contributed by atoms with E-state index in [1.54, 1.807) is 0 Å². The van der Waals surface area contributed by atoms with Crippen molar-refractivity contribution in [3.05, 3.63) is 28.2 Å². The predicted molar refractivity (Wildman–Crippen MR) is 83.9 cm³/mol. The highest BCUT2D eigenvalue weighted by molar-refractivity contribution is 5.92. The number of aromatic nitrogens is 2. The second-order valence-corrected chi connectivity index (χ2v) is 6.25. The molecule has 2 aliphatic heterocycles. The molecule has 3 rings (SSSR count). The van der Waals surface area contributed by atoms with E-state index in [0.29, 0.717) is 18.3 Å². The molecule has 0 aromatic carbocycles. The Kier molecular flexibility index (Phi) is 4.57. The summed E-state index contributed by atoms with van der Waals surface area (Å²) in [6.07, 6.45) is 5.49. The normalized spacial score (nSPS) is 25.0. The number of fused-ring (bicyclic) bond motifs is 1. The minimum absolute atomic E-state index is 0.155. The van der Waals surface area contributed by atoms with Crippen LogP contribution in [0.15, 0.2) is 16.9 Å². The Hall–Kier alpha value is -1.69. The fourth-order valence-electron chi connectivity index (χ4n) is 3.60. The smallest absolute Gasteiger partial charge is 0.271 e. The van der Waals surface area contributed by atoms with Crippen LogP contribution in [0.25, 0.3) is 0 Å². The number of rotatable bonds is 4. The molecular weight excluding hydrogens is 280 g/mol. The van der Waals surface area contributed by atoms with Crippen molar-refractivity contribution in [3.63, 3.8) is 0 Å². The lowest BCUT2D eigenvalue weighted by Crippen LogP contribution is -2.47. The van der Waals surface area contributed by atoms with E-state index in [-0.39, 0.29) is 17.5 Å². The number of amides is 1. The maximum atomic E-state index is 12.4. The first-order valence-corrected chi connectivity index (χ1v) is 8.32. The molecule has 0 spiro atoms. The third kappa shape index (κ3) is 3.06. The molecule has 6 heteroatoms. The SMILES string of the molecule is CCCn1nc(C(=O)N[C@@H]2CCN3CCCC[C@H]23)ccc1=O. The van der Waals surface area contributed by atoms with Crippen molar-refractivity contribution in [2.24, 2.45) is 0 Å². The van der Waals surface area contributed by atoms with Gasteiger partial charge in [-0.25, -0.2) is 4.68 Å². The lowest BCUT2D eigenvalue weighted by atomic mass is 9.99. The summed E-state index contributed by atoms with van der Waals surface area (Å²) in [5.74, 6) is -0.165. The van der Waals surface area contributed by atoms with Crippen LogP contribution in [0.1, 0.15) is 49.5 Å². The lowest BCUT2D eigenvalue weighted by molar-refractivity contribution is 0.0907. The minimum atomic E-state index is -0.165. The average Bonchev–Trinajstić information content (AvgIpc) is 2.93. The molecule has 1 aromatic heterocycles. The van der Waals surface area contributed by atoms with Crippen molar-refractivity contribution >= 4 is 5.91 Å². The zero-order chi connectivity index (χ0) is 15.5. The number of aryl methyl sites for hydroxylation is 1. The molecule has 6 nitrogen and oxygen atoms in total. The molecule has 0 bridgehead atoms. The first kappa shape index (κ1) is 15.2. The molecule has 120 valence electrons. The summed E-state index contributed by atoms with van der Waals surface area (Å²) >= 11 is 0. The highest BCUT2D eigenvalue weighted by Crippen LogP contribution is 2.27. The van der Waals surface area contributed by atoms with Gasteiger partial charge in [-0.2, -0.15) is 5.10 Å². The molecule has 0 saturated carbocycles. The van der Waals surface area contributed by atoms with E-state index in [9.17, 15) is 9.59 Å². The summed E-state index contributed by atoms with van der Waals surface area (Å²) < 4.78 is 1.37. The van der Waals surface area contributed by atoms with Crippen LogP contribution in [-0.2, 0) is 6.54 Å². The Morgan fingerprint density at radius 3 is 3.00 bits per heavy atom. The van der Waals surface area contributed by atoms with Crippen molar-refractivity contribution < 1.29 is 4.79 Å². The Bertz CT molecular complexity index is 598. The molecule has 22 heavy (non-hydrogen) atoms. The van der Waals surface area contributed by atoms with E-state index < -0.39 is 0 Å². The van der Waals surface area contributed by atoms with E-state index in [4.69, 9.17) is 0 Å². The fourth-order valence-corrected chi connectivity index (χ4v) is 3.60. The summed E-state index contributed by atoms with van der Waals surface area (Å²) in [6.45, 7) is 4.74. The molecule has 3 heterocycles. The molecule has 1 aromatic rings. The van der Waals surface area contributed by atoms with Gasteiger partial charge in [0.05, 0.1) is 0 Å². The first-order valence-electron chi connectivity index (χ1n) is 8.32. The van der Waals surface area contributed by atoms with Gasteiger partial charge in [0.1, 0.15) is 5.69 Å². The number of nitrogens with zero attached hydrogens (tertiary/aromatic N) is 3. The van der Waals surface area contributed by atoms with Gasteiger partial charge in [-0.05, 0) is 38.3 Å². The minimum Gasteiger partial charge on any atom is -0.346 e. The Morgan fingerprint density at radius 1 is 1.32 bits per heavy atom. The molecule has 0 unspecified atom stereocenters. The molecule has 2 saturated heterocycles. The molecule has 1 N–H and O–H groups in total. The maximum Gasteiger partial charge on any atom is 0.271 e. The summed E-state index contributed by atoms with van der Waals surface area (Å²) in [6, 6.07) is 3.64. The molecule has 1 amide bonds. The number of hydrogen-bond acceptors (Lipinski definition) is 4. The second kappa shape index (κ2) is 6.60. The Morgan fingerprint density at radius 2 is 2.18 bits per heavy atom. The second-order valence-electron chi connectivity index (χ2n) is 6.25. The van der Waals surface area contributed by atoms with Gasteiger partial charge in [-0.1, -0.05) is 13.3 Å². The van der Waals surface area contributed by atoms with Gasteiger partial charge >= 0.3 is 0 Å². The molecule has 0 radical (unpaired) electrons. The van der Waals surface area contributed by atoms with E-state index in [0.717, 1.165) is 32.4 Å². The third-order valence-corrected chi connectivity index (χ3v) is 4.71. The van der Waals surface area contributed by atoms with Crippen LogP contribution in [0.2, 0.25) is 0 Å². The molecule has 2 atom stereocenters. The number of carbonyl (C=O) groups excluding carboxylic acids is 1. The van der Waals surface area contributed by atoms with Crippen LogP contribution < -0.4 is 10.9 Å². The Balaban J connectivity index is 1.69. The van der Waals surface area contributed by atoms with Crippen molar-refractivity contribution in [1.29, 1.82) is 0 Å². The molecular formula is C16H24N4O2. The van der Waals surface area contributed by atoms with E-state index in [1.807, 2.05) is 6.92 Å². The highest BCUT2D eigenvalue weighted by Gasteiger charge is 2.36. The van der Waals surface area contributed by atoms with Crippen molar-refractivity contribution in [2.75, 3.05) is 13.1 Å². The van der Waals surface area contributed by atoms with Crippen LogP contribution in [0.5, 0.6) is 0 Å². The summed E-state index contributed by atoms with van der Waals surface area (Å²) in [7, 11) is 0. The van der Waals surface area contributed by atoms with Gasteiger partial charge < -0.3 is 5.32 Å². The molecule has 2 aliphatic rings. The van der Waals surface area contributed by atoms with Crippen LogP contribution in [-0.4, -0.2) is 45.8 Å². The number of piperidine rings is 1. The predicted octanol–water partition coefficient (Wildman–Crippen LogP) is 1.01. The topological polar surface area (TPSA) is 67.2 Å². The van der Waals surface area contributed by atoms with Gasteiger partial charge in [0.25, 0.3) is 11.5 Å². The Labute approximate surface area is 130 Å². The van der Waals surface area contributed by atoms with Crippen molar-refractivity contribution in [3.8, 4) is 0 Å². The first-order chi connectivity index (χ1) is 10.7. The number of hydrogen-bond donors (Lipinski definition) is 1. The fraction of sp³-hybridized carbons (Fsp3) is 0.688. The van der Waals surface area contributed by atoms with E-state index in [2.05, 4.69) is 15.3 Å². The lowest BCUT2D eigenvalue weighted by Gasteiger charge is -2.32. The van der Waals surface area contributed by atoms with Crippen LogP contribution in [0.3, 0.4) is 0 Å². The van der Waals surface area contributed by atoms with E-state index >= 15 is 0 Å². The van der Waals surface area contributed by atoms with Crippen LogP contribution >= 0.6 is 0 Å². The maximum absolute atomic E-state index is 12.4. The van der Waals surface area contributed by atoms with Gasteiger partial charge in [0.15, 0.2) is 0 Å². The monoisotopic (exact) mass is 304 g/mol. The van der Waals surface area contributed by atoms with Gasteiger partial charge in [0.2, 0.25) is 0 Å². The standard InChI is InChI=1S/C16H24N4O2/c1-2-9-20-15(21)7-6-13(18-20)16(22)17-12-8-11-19-10-4-3-5-14(12)19/h6-7,12,14H,2-5,8-11H2,1H3,(H,17,22)/t12-,14-/m1/s1. The number of nitrogens with one attached hydrogen (secondary N) is 1. The van der Waals surface area contributed by atoms with Gasteiger partial charge in [-0.15, -0.1) is 0 Å². The summed E-state index contributed by atoms with van der Waals surface area (Å²) in [5, 5.41) is 7.31. The average molecular weight is 304 g/mol. The molecule has 0 aliphatic carbocycles. The largest absolute Gasteiger partial charge is 0.346 e. The number of carbonyl (C=O) groups is 1. The third-order valence-electron chi connectivity index (χ3n) is 4.71. The van der Waals surface area contributed by atoms with Gasteiger partial charge in [-0.3, -0.25) is 14.5 Å². The summed E-state index contributed by atoms with van der Waals surface area (Å²) in [5.41, 5.74) is 0.181. The van der Waals surface area contributed by atoms with Crippen LogP contribution in [0, 0.1) is 0 Å². The van der Waals surface area contributed by atoms with E-state index in [1.165, 1.54) is 29.7 Å². The van der Waals surface area contributed by atoms with Crippen molar-refractivity contribution in [2.45, 2.75) is 57.7 Å². The summed E-state index contributed by atoms with van der Waals surface area (Å²) in [4.78, 5) is 26.6. The quantitative estimate of drug-likeness (QED) is 0.901. The zero-order valence-electron chi connectivity index (χ0n) is 13.1. The van der Waals surface area contributed by atoms with Gasteiger partial charge in [0, 0.05) is 31.2 Å². The van der Waals surface area contributed by atoms with Crippen molar-refractivity contribution in [1.82, 2.24) is 20.0 Å². The zero-order valence-corrected chi connectivity index (χ0v) is 13.1. The van der Waals surface area contributed by atoms with Crippen LogP contribution in [0.4, 0.5) is 0 Å².